The summed E-state index contributed by atoms with van der Waals surface area (Å²) in [5.74, 6) is 0.668. The highest BCUT2D eigenvalue weighted by Crippen LogP contribution is 2.27. The molecular formula is C23H24N2O5S. The minimum Gasteiger partial charge on any atom is -0.493 e. The van der Waals surface area contributed by atoms with Crippen molar-refractivity contribution in [2.75, 3.05) is 17.1 Å². The molecule has 0 aliphatic carbocycles. The van der Waals surface area contributed by atoms with E-state index in [9.17, 15) is 13.2 Å². The Balaban J connectivity index is 1.67. The fraction of sp³-hybridized carbons (Fsp3) is 0.174. The van der Waals surface area contributed by atoms with Crippen molar-refractivity contribution < 1.29 is 22.7 Å². The quantitative estimate of drug-likeness (QED) is 0.518. The van der Waals surface area contributed by atoms with Crippen LogP contribution in [0.15, 0.2) is 83.8 Å². The normalized spacial score (nSPS) is 11.9. The van der Waals surface area contributed by atoms with Crippen LogP contribution in [-0.4, -0.2) is 27.5 Å². The topological polar surface area (TPSA) is 93.7 Å². The molecule has 1 atom stereocenters. The summed E-state index contributed by atoms with van der Waals surface area (Å²) in [4.78, 5) is 12.8. The number of ether oxygens (including phenoxy) is 2. The molecule has 3 aromatic rings. The van der Waals surface area contributed by atoms with Gasteiger partial charge in [-0.1, -0.05) is 37.3 Å². The van der Waals surface area contributed by atoms with E-state index in [-0.39, 0.29) is 10.8 Å². The third kappa shape index (κ3) is 5.76. The molecule has 3 rings (SSSR count). The first-order chi connectivity index (χ1) is 14.9. The Morgan fingerprint density at radius 3 is 2.10 bits per heavy atom. The maximum absolute atomic E-state index is 12.7. The highest BCUT2D eigenvalue weighted by Gasteiger charge is 2.21. The second-order valence-electron chi connectivity index (χ2n) is 6.65. The molecule has 0 fully saturated rings. The number of carbonyl (C=O) groups is 1. The molecule has 0 unspecified atom stereocenters. The lowest BCUT2D eigenvalue weighted by Gasteiger charge is -2.19. The number of methoxy groups -OCH3 is 1. The molecule has 7 nitrogen and oxygen atoms in total. The third-order valence-electron chi connectivity index (χ3n) is 4.46. The van der Waals surface area contributed by atoms with E-state index < -0.39 is 16.1 Å². The Hall–Kier alpha value is -3.52. The van der Waals surface area contributed by atoms with E-state index in [0.717, 1.165) is 0 Å². The van der Waals surface area contributed by atoms with Gasteiger partial charge in [0, 0.05) is 11.4 Å². The van der Waals surface area contributed by atoms with Crippen LogP contribution >= 0.6 is 0 Å². The van der Waals surface area contributed by atoms with Gasteiger partial charge in [0.05, 0.1) is 12.0 Å². The van der Waals surface area contributed by atoms with Crippen molar-refractivity contribution in [2.45, 2.75) is 24.3 Å². The van der Waals surface area contributed by atoms with Gasteiger partial charge in [0.2, 0.25) is 0 Å². The number of sulfonamides is 1. The van der Waals surface area contributed by atoms with Gasteiger partial charge in [-0.2, -0.15) is 0 Å². The Kier molecular flexibility index (Phi) is 7.15. The van der Waals surface area contributed by atoms with E-state index in [0.29, 0.717) is 29.3 Å². The van der Waals surface area contributed by atoms with Crippen molar-refractivity contribution in [3.05, 3.63) is 78.9 Å². The summed E-state index contributed by atoms with van der Waals surface area (Å²) in [6.07, 6.45) is -0.295. The SMILES string of the molecule is CC[C@H](Oc1ccccc1OC)C(=O)Nc1ccc(S(=O)(=O)Nc2ccccc2)cc1. The maximum atomic E-state index is 12.7. The first kappa shape index (κ1) is 22.2. The first-order valence-corrected chi connectivity index (χ1v) is 11.2. The van der Waals surface area contributed by atoms with E-state index in [1.165, 1.54) is 31.4 Å². The number of amides is 1. The van der Waals surface area contributed by atoms with Crippen molar-refractivity contribution in [2.24, 2.45) is 0 Å². The van der Waals surface area contributed by atoms with Crippen LogP contribution in [0.1, 0.15) is 13.3 Å². The lowest BCUT2D eigenvalue weighted by atomic mass is 10.2. The van der Waals surface area contributed by atoms with Crippen molar-refractivity contribution in [3.63, 3.8) is 0 Å². The van der Waals surface area contributed by atoms with E-state index in [1.54, 1.807) is 48.5 Å². The molecule has 3 aromatic carbocycles. The first-order valence-electron chi connectivity index (χ1n) is 9.71. The summed E-state index contributed by atoms with van der Waals surface area (Å²) in [6.45, 7) is 1.84. The van der Waals surface area contributed by atoms with Gasteiger partial charge in [-0.05, 0) is 55.0 Å². The van der Waals surface area contributed by atoms with E-state index in [2.05, 4.69) is 10.0 Å². The molecule has 162 valence electrons. The van der Waals surface area contributed by atoms with Crippen molar-refractivity contribution in [1.29, 1.82) is 0 Å². The molecule has 2 N–H and O–H groups in total. The average molecular weight is 441 g/mol. The predicted octanol–water partition coefficient (Wildman–Crippen LogP) is 4.29. The molecule has 0 saturated heterocycles. The Bertz CT molecular complexity index is 1120. The molecule has 0 heterocycles. The molecule has 0 bridgehead atoms. The van der Waals surface area contributed by atoms with Gasteiger partial charge in [-0.15, -0.1) is 0 Å². The third-order valence-corrected chi connectivity index (χ3v) is 5.86. The molecule has 0 aromatic heterocycles. The maximum Gasteiger partial charge on any atom is 0.265 e. The summed E-state index contributed by atoms with van der Waals surface area (Å²) < 4.78 is 38.6. The highest BCUT2D eigenvalue weighted by molar-refractivity contribution is 7.92. The van der Waals surface area contributed by atoms with Gasteiger partial charge in [0.1, 0.15) is 0 Å². The number of hydrogen-bond donors (Lipinski definition) is 2. The van der Waals surface area contributed by atoms with Gasteiger partial charge < -0.3 is 14.8 Å². The number of rotatable bonds is 9. The van der Waals surface area contributed by atoms with Crippen LogP contribution in [0.3, 0.4) is 0 Å². The smallest absolute Gasteiger partial charge is 0.265 e. The van der Waals surface area contributed by atoms with Crippen LogP contribution in [0.2, 0.25) is 0 Å². The van der Waals surface area contributed by atoms with Crippen LogP contribution in [0.5, 0.6) is 11.5 Å². The Morgan fingerprint density at radius 2 is 1.48 bits per heavy atom. The molecule has 31 heavy (non-hydrogen) atoms. The second kappa shape index (κ2) is 9.99. The second-order valence-corrected chi connectivity index (χ2v) is 8.33. The van der Waals surface area contributed by atoms with Crippen LogP contribution in [0.4, 0.5) is 11.4 Å². The lowest BCUT2D eigenvalue weighted by Crippen LogP contribution is -2.32. The Labute approximate surface area is 182 Å². The summed E-state index contributed by atoms with van der Waals surface area (Å²) in [6, 6.07) is 21.7. The summed E-state index contributed by atoms with van der Waals surface area (Å²) in [7, 11) is -2.20. The van der Waals surface area contributed by atoms with Gasteiger partial charge in [-0.25, -0.2) is 8.42 Å². The molecule has 0 spiro atoms. The molecular weight excluding hydrogens is 416 g/mol. The van der Waals surface area contributed by atoms with Crippen LogP contribution in [0, 0.1) is 0 Å². The highest BCUT2D eigenvalue weighted by atomic mass is 32.2. The molecule has 0 radical (unpaired) electrons. The number of hydrogen-bond acceptors (Lipinski definition) is 5. The number of para-hydroxylation sites is 3. The molecule has 0 aliphatic rings. The average Bonchev–Trinajstić information content (AvgIpc) is 2.78. The minimum atomic E-state index is -3.73. The van der Waals surface area contributed by atoms with Crippen molar-refractivity contribution >= 4 is 27.3 Å². The molecule has 1 amide bonds. The molecule has 8 heteroatoms. The van der Waals surface area contributed by atoms with Crippen molar-refractivity contribution in [1.82, 2.24) is 0 Å². The fourth-order valence-corrected chi connectivity index (χ4v) is 3.91. The van der Waals surface area contributed by atoms with Gasteiger partial charge >= 0.3 is 0 Å². The number of nitrogens with one attached hydrogen (secondary N) is 2. The zero-order valence-corrected chi connectivity index (χ0v) is 18.1. The fourth-order valence-electron chi connectivity index (χ4n) is 2.85. The lowest BCUT2D eigenvalue weighted by molar-refractivity contribution is -0.122. The zero-order chi connectivity index (χ0) is 22.3. The Morgan fingerprint density at radius 1 is 0.871 bits per heavy atom. The van der Waals surface area contributed by atoms with Gasteiger partial charge in [-0.3, -0.25) is 9.52 Å². The summed E-state index contributed by atoms with van der Waals surface area (Å²) in [5.41, 5.74) is 0.935. The van der Waals surface area contributed by atoms with E-state index in [4.69, 9.17) is 9.47 Å². The number of carbonyl (C=O) groups excluding carboxylic acids is 1. The van der Waals surface area contributed by atoms with Gasteiger partial charge in [0.25, 0.3) is 15.9 Å². The largest absolute Gasteiger partial charge is 0.493 e. The van der Waals surface area contributed by atoms with Crippen molar-refractivity contribution in [3.8, 4) is 11.5 Å². The van der Waals surface area contributed by atoms with E-state index >= 15 is 0 Å². The standard InChI is InChI=1S/C23H24N2O5S/c1-3-20(30-22-12-8-7-11-21(22)29-2)23(26)24-17-13-15-19(16-14-17)31(27,28)25-18-9-5-4-6-10-18/h4-16,20,25H,3H2,1-2H3,(H,24,26)/t20-/m0/s1. The summed E-state index contributed by atoms with van der Waals surface area (Å²) >= 11 is 0. The zero-order valence-electron chi connectivity index (χ0n) is 17.2. The van der Waals surface area contributed by atoms with Crippen LogP contribution < -0.4 is 19.5 Å². The number of anilines is 2. The molecule has 0 saturated carbocycles. The predicted molar refractivity (Wildman–Crippen MR) is 120 cm³/mol. The van der Waals surface area contributed by atoms with Crippen LogP contribution in [0.25, 0.3) is 0 Å². The van der Waals surface area contributed by atoms with Crippen LogP contribution in [-0.2, 0) is 14.8 Å². The van der Waals surface area contributed by atoms with Gasteiger partial charge in [0.15, 0.2) is 17.6 Å². The minimum absolute atomic E-state index is 0.0895. The molecule has 0 aliphatic heterocycles. The number of benzene rings is 3. The monoisotopic (exact) mass is 440 g/mol. The summed E-state index contributed by atoms with van der Waals surface area (Å²) in [5, 5.41) is 2.76. The van der Waals surface area contributed by atoms with E-state index in [1.807, 2.05) is 13.0 Å².